The number of nitrogens with zero attached hydrogens (tertiary/aromatic N) is 2. The van der Waals surface area contributed by atoms with E-state index >= 15 is 0 Å². The molecule has 0 saturated carbocycles. The van der Waals surface area contributed by atoms with Gasteiger partial charge in [0.2, 0.25) is 0 Å². The first-order valence-electron chi connectivity index (χ1n) is 10.5. The normalized spacial score (nSPS) is 15.5. The summed E-state index contributed by atoms with van der Waals surface area (Å²) in [5.74, 6) is -1.54. The highest BCUT2D eigenvalue weighted by Crippen LogP contribution is 2.31. The van der Waals surface area contributed by atoms with Crippen molar-refractivity contribution in [2.45, 2.75) is 19.9 Å². The number of allylic oxidation sites excluding steroid dienone is 1. The topological polar surface area (TPSA) is 87.0 Å². The quantitative estimate of drug-likeness (QED) is 0.524. The summed E-state index contributed by atoms with van der Waals surface area (Å²) in [7, 11) is 1.29. The van der Waals surface area contributed by atoms with Crippen LogP contribution in [0.25, 0.3) is 6.08 Å². The van der Waals surface area contributed by atoms with E-state index in [1.165, 1.54) is 23.8 Å². The summed E-state index contributed by atoms with van der Waals surface area (Å²) >= 11 is 1.11. The first kappa shape index (κ1) is 23.3. The summed E-state index contributed by atoms with van der Waals surface area (Å²) in [6.07, 6.45) is 1.47. The number of esters is 2. The molecule has 0 aliphatic carbocycles. The van der Waals surface area contributed by atoms with Crippen molar-refractivity contribution >= 4 is 29.4 Å². The van der Waals surface area contributed by atoms with Crippen LogP contribution >= 0.6 is 11.3 Å². The number of hydrogen-bond donors (Lipinski definition) is 0. The Morgan fingerprint density at radius 1 is 1.15 bits per heavy atom. The Hall–Kier alpha value is -3.85. The molecule has 9 heteroatoms. The fourth-order valence-electron chi connectivity index (χ4n) is 3.76. The molecule has 0 bridgehead atoms. The zero-order chi connectivity index (χ0) is 24.4. The summed E-state index contributed by atoms with van der Waals surface area (Å²) in [5, 5.41) is 0. The van der Waals surface area contributed by atoms with Gasteiger partial charge < -0.3 is 9.47 Å². The van der Waals surface area contributed by atoms with Gasteiger partial charge in [-0.25, -0.2) is 19.0 Å². The molecule has 0 fully saturated rings. The second kappa shape index (κ2) is 9.56. The van der Waals surface area contributed by atoms with Crippen LogP contribution < -0.4 is 14.9 Å². The van der Waals surface area contributed by atoms with Crippen molar-refractivity contribution in [1.29, 1.82) is 0 Å². The van der Waals surface area contributed by atoms with Crippen LogP contribution in [0.1, 0.15) is 41.4 Å². The molecule has 1 aromatic heterocycles. The summed E-state index contributed by atoms with van der Waals surface area (Å²) < 4.78 is 25.9. The molecule has 0 unspecified atom stereocenters. The van der Waals surface area contributed by atoms with E-state index in [-0.39, 0.29) is 22.3 Å². The standard InChI is InChI=1S/C25H21FN2O5S/c1-4-33-24(31)20-14(2)27-25-28(21(20)15-9-11-16(12-10-15)23(30)32-3)22(29)19(34-25)13-17-7-5-6-8-18(17)26/h5-13,21H,4H2,1-3H3/b19-13+/t21-/m1/s1. The molecule has 0 amide bonds. The van der Waals surface area contributed by atoms with Crippen LogP contribution in [-0.4, -0.2) is 30.2 Å². The van der Waals surface area contributed by atoms with Crippen LogP contribution in [-0.2, 0) is 14.3 Å². The lowest BCUT2D eigenvalue weighted by Crippen LogP contribution is -2.40. The lowest BCUT2D eigenvalue weighted by molar-refractivity contribution is -0.139. The fourth-order valence-corrected chi connectivity index (χ4v) is 4.80. The van der Waals surface area contributed by atoms with E-state index in [0.29, 0.717) is 21.6 Å². The lowest BCUT2D eigenvalue weighted by atomic mass is 9.95. The Morgan fingerprint density at radius 2 is 1.85 bits per heavy atom. The van der Waals surface area contributed by atoms with Gasteiger partial charge >= 0.3 is 11.9 Å². The molecule has 1 atom stereocenters. The molecular weight excluding hydrogens is 459 g/mol. The van der Waals surface area contributed by atoms with E-state index in [0.717, 1.165) is 11.3 Å². The minimum atomic E-state index is -0.829. The van der Waals surface area contributed by atoms with E-state index in [1.54, 1.807) is 56.3 Å². The first-order chi connectivity index (χ1) is 16.3. The molecular formula is C25H21FN2O5S. The third kappa shape index (κ3) is 4.22. The van der Waals surface area contributed by atoms with Crippen molar-refractivity contribution in [3.8, 4) is 0 Å². The molecule has 2 heterocycles. The number of aromatic nitrogens is 1. The number of rotatable bonds is 5. The molecule has 4 rings (SSSR count). The second-order valence-corrected chi connectivity index (χ2v) is 8.45. The number of halogens is 1. The highest BCUT2D eigenvalue weighted by atomic mass is 32.1. The number of carbonyl (C=O) groups excluding carboxylic acids is 2. The second-order valence-electron chi connectivity index (χ2n) is 7.44. The van der Waals surface area contributed by atoms with Gasteiger partial charge in [-0.15, -0.1) is 0 Å². The first-order valence-corrected chi connectivity index (χ1v) is 11.3. The van der Waals surface area contributed by atoms with E-state index < -0.39 is 29.4 Å². The highest BCUT2D eigenvalue weighted by Gasteiger charge is 2.33. The molecule has 0 spiro atoms. The Bertz CT molecular complexity index is 1480. The minimum absolute atomic E-state index is 0.154. The zero-order valence-corrected chi connectivity index (χ0v) is 19.5. The van der Waals surface area contributed by atoms with Crippen LogP contribution in [0.2, 0.25) is 0 Å². The van der Waals surface area contributed by atoms with Crippen molar-refractivity contribution in [3.63, 3.8) is 0 Å². The number of ether oxygens (including phenoxy) is 2. The number of hydrogen-bond acceptors (Lipinski definition) is 7. The van der Waals surface area contributed by atoms with E-state index in [4.69, 9.17) is 9.47 Å². The van der Waals surface area contributed by atoms with Gasteiger partial charge in [0, 0.05) is 5.56 Å². The molecule has 0 N–H and O–H groups in total. The van der Waals surface area contributed by atoms with E-state index in [9.17, 15) is 18.8 Å². The van der Waals surface area contributed by atoms with Crippen LogP contribution in [0.3, 0.4) is 0 Å². The molecule has 2 aromatic carbocycles. The smallest absolute Gasteiger partial charge is 0.338 e. The van der Waals surface area contributed by atoms with E-state index in [1.807, 2.05) is 0 Å². The van der Waals surface area contributed by atoms with Gasteiger partial charge in [0.05, 0.1) is 41.1 Å². The third-order valence-corrected chi connectivity index (χ3v) is 6.34. The predicted molar refractivity (Wildman–Crippen MR) is 125 cm³/mol. The number of methoxy groups -OCH3 is 1. The number of thiazole rings is 1. The van der Waals surface area contributed by atoms with Gasteiger partial charge in [-0.05, 0) is 43.7 Å². The van der Waals surface area contributed by atoms with Crippen LogP contribution in [0, 0.1) is 5.82 Å². The summed E-state index contributed by atoms with van der Waals surface area (Å²) in [4.78, 5) is 43.1. The van der Waals surface area contributed by atoms with Crippen molar-refractivity contribution in [1.82, 2.24) is 4.57 Å². The average molecular weight is 481 g/mol. The van der Waals surface area contributed by atoms with E-state index in [2.05, 4.69) is 4.99 Å². The van der Waals surface area contributed by atoms with Crippen molar-refractivity contribution in [3.05, 3.63) is 102 Å². The summed E-state index contributed by atoms with van der Waals surface area (Å²) in [6.45, 7) is 3.52. The molecule has 3 aromatic rings. The van der Waals surface area contributed by atoms with Crippen molar-refractivity contribution in [2.24, 2.45) is 4.99 Å². The number of fused-ring (bicyclic) bond motifs is 1. The maximum atomic E-state index is 14.2. The highest BCUT2D eigenvalue weighted by molar-refractivity contribution is 7.07. The van der Waals surface area contributed by atoms with Gasteiger partial charge in [-0.3, -0.25) is 9.36 Å². The Morgan fingerprint density at radius 3 is 2.50 bits per heavy atom. The van der Waals surface area contributed by atoms with Crippen LogP contribution in [0.4, 0.5) is 4.39 Å². The maximum absolute atomic E-state index is 14.2. The van der Waals surface area contributed by atoms with Gasteiger partial charge in [0.25, 0.3) is 5.56 Å². The molecule has 1 aliphatic heterocycles. The Kier molecular flexibility index (Phi) is 6.56. The summed E-state index contributed by atoms with van der Waals surface area (Å²) in [5.41, 5.74) is 1.41. The summed E-state index contributed by atoms with van der Waals surface area (Å²) in [6, 6.07) is 11.8. The van der Waals surface area contributed by atoms with Gasteiger partial charge in [0.15, 0.2) is 4.80 Å². The van der Waals surface area contributed by atoms with Crippen molar-refractivity contribution in [2.75, 3.05) is 13.7 Å². The minimum Gasteiger partial charge on any atom is -0.465 e. The van der Waals surface area contributed by atoms with Gasteiger partial charge in [0.1, 0.15) is 5.82 Å². The molecule has 0 saturated heterocycles. The molecule has 0 radical (unpaired) electrons. The van der Waals surface area contributed by atoms with Gasteiger partial charge in [-0.1, -0.05) is 41.7 Å². The number of benzene rings is 2. The monoisotopic (exact) mass is 480 g/mol. The van der Waals surface area contributed by atoms with Gasteiger partial charge in [-0.2, -0.15) is 0 Å². The number of carbonyl (C=O) groups is 2. The van der Waals surface area contributed by atoms with Crippen LogP contribution in [0.5, 0.6) is 0 Å². The maximum Gasteiger partial charge on any atom is 0.338 e. The fraction of sp³-hybridized carbons (Fsp3) is 0.200. The lowest BCUT2D eigenvalue weighted by Gasteiger charge is -2.24. The molecule has 34 heavy (non-hydrogen) atoms. The van der Waals surface area contributed by atoms with Crippen molar-refractivity contribution < 1.29 is 23.5 Å². The average Bonchev–Trinajstić information content (AvgIpc) is 3.13. The predicted octanol–water partition coefficient (Wildman–Crippen LogP) is 2.72. The molecule has 1 aliphatic rings. The largest absolute Gasteiger partial charge is 0.465 e. The Labute approximate surface area is 198 Å². The molecule has 174 valence electrons. The third-order valence-electron chi connectivity index (χ3n) is 5.36. The Balaban J connectivity index is 1.94. The SMILES string of the molecule is CCOC(=O)C1=C(C)N=c2s/c(=C/c3ccccc3F)c(=O)n2[C@@H]1c1ccc(C(=O)OC)cc1. The molecule has 7 nitrogen and oxygen atoms in total. The van der Waals surface area contributed by atoms with Crippen LogP contribution in [0.15, 0.2) is 69.6 Å². The zero-order valence-electron chi connectivity index (χ0n) is 18.7.